The molecule has 5 atom stereocenters. The van der Waals surface area contributed by atoms with Crippen LogP contribution in [0.4, 0.5) is 9.59 Å². The predicted molar refractivity (Wildman–Crippen MR) is 198 cm³/mol. The second-order valence-electron chi connectivity index (χ2n) is 14.0. The van der Waals surface area contributed by atoms with Crippen molar-refractivity contribution in [2.45, 2.75) is 94.5 Å². The third kappa shape index (κ3) is 11.1. The molecule has 0 unspecified atom stereocenters. The first-order valence-electron chi connectivity index (χ1n) is 18.7. The first-order chi connectivity index (χ1) is 26.7. The number of benzene rings is 3. The van der Waals surface area contributed by atoms with Crippen molar-refractivity contribution in [2.24, 2.45) is 0 Å². The number of nitrogens with one attached hydrogen (secondary N) is 3. The van der Waals surface area contributed by atoms with Crippen LogP contribution < -0.4 is 25.4 Å². The van der Waals surface area contributed by atoms with Crippen LogP contribution in [0.25, 0.3) is 0 Å². The van der Waals surface area contributed by atoms with Gasteiger partial charge in [0.25, 0.3) is 0 Å². The van der Waals surface area contributed by atoms with Crippen LogP contribution in [0.15, 0.2) is 78.9 Å². The predicted octanol–water partition coefficient (Wildman–Crippen LogP) is 5.47. The lowest BCUT2D eigenvalue weighted by molar-refractivity contribution is -0.329. The Morgan fingerprint density at radius 2 is 1.58 bits per heavy atom. The lowest BCUT2D eigenvalue weighted by atomic mass is 9.90. The zero-order valence-corrected chi connectivity index (χ0v) is 31.2. The van der Waals surface area contributed by atoms with E-state index in [-0.39, 0.29) is 51.0 Å². The lowest BCUT2D eigenvalue weighted by Crippen LogP contribution is -2.53. The molecule has 3 amide bonds. The van der Waals surface area contributed by atoms with Gasteiger partial charge in [0.2, 0.25) is 12.7 Å². The highest BCUT2D eigenvalue weighted by Crippen LogP contribution is 2.41. The van der Waals surface area contributed by atoms with Crippen molar-refractivity contribution in [1.29, 1.82) is 0 Å². The summed E-state index contributed by atoms with van der Waals surface area (Å²) in [6.07, 6.45) is 0.0623. The van der Waals surface area contributed by atoms with Gasteiger partial charge >= 0.3 is 18.2 Å². The summed E-state index contributed by atoms with van der Waals surface area (Å²) in [7, 11) is 1.26. The van der Waals surface area contributed by atoms with Crippen molar-refractivity contribution in [3.63, 3.8) is 0 Å². The molecule has 0 saturated carbocycles. The molecule has 0 aromatic heterocycles. The van der Waals surface area contributed by atoms with E-state index in [4.69, 9.17) is 33.2 Å². The largest absolute Gasteiger partial charge is 0.467 e. The quantitative estimate of drug-likeness (QED) is 0.141. The smallest absolute Gasteiger partial charge is 0.407 e. The van der Waals surface area contributed by atoms with Crippen molar-refractivity contribution in [2.75, 3.05) is 27.1 Å². The van der Waals surface area contributed by atoms with Crippen LogP contribution in [0, 0.1) is 0 Å². The summed E-state index contributed by atoms with van der Waals surface area (Å²) in [5.41, 5.74) is 2.96. The van der Waals surface area contributed by atoms with Gasteiger partial charge in [-0.25, -0.2) is 14.4 Å². The molecule has 2 saturated heterocycles. The maximum Gasteiger partial charge on any atom is 0.407 e. The number of methoxy groups -OCH3 is 1. The van der Waals surface area contributed by atoms with Gasteiger partial charge < -0.3 is 49.1 Å². The number of carbonyl (C=O) groups excluding carboxylic acids is 4. The SMILES string of the molecule is COC(=O)[C@H](C)NC(=O)CC[C@@H]1C[C@@H](OC(=O)NCc2ccc3c(c2)OCO3)C[C@@]2(CCC[C@H](COC(=O)NCC(c3ccccc3)c3ccccc3)O2)O1. The molecule has 6 rings (SSSR count). The number of hydrogen-bond donors (Lipinski definition) is 3. The molecule has 2 fully saturated rings. The molecule has 1 spiro atoms. The van der Waals surface area contributed by atoms with E-state index in [1.807, 2.05) is 66.7 Å². The Balaban J connectivity index is 1.05. The van der Waals surface area contributed by atoms with E-state index in [0.29, 0.717) is 43.7 Å². The summed E-state index contributed by atoms with van der Waals surface area (Å²) in [6, 6.07) is 24.6. The average Bonchev–Trinajstić information content (AvgIpc) is 3.67. The molecule has 14 nitrogen and oxygen atoms in total. The molecule has 3 heterocycles. The fraction of sp³-hybridized carbons (Fsp3) is 0.463. The Morgan fingerprint density at radius 1 is 0.873 bits per heavy atom. The first kappa shape index (κ1) is 39.4. The highest BCUT2D eigenvalue weighted by molar-refractivity contribution is 5.84. The Morgan fingerprint density at radius 3 is 2.31 bits per heavy atom. The van der Waals surface area contributed by atoms with Crippen molar-refractivity contribution in [1.82, 2.24) is 16.0 Å². The van der Waals surface area contributed by atoms with Crippen LogP contribution in [0.2, 0.25) is 0 Å². The van der Waals surface area contributed by atoms with Gasteiger partial charge in [-0.05, 0) is 55.0 Å². The monoisotopic (exact) mass is 759 g/mol. The van der Waals surface area contributed by atoms with Gasteiger partial charge in [-0.1, -0.05) is 66.7 Å². The zero-order chi connectivity index (χ0) is 38.6. The minimum atomic E-state index is -1.13. The second kappa shape index (κ2) is 18.8. The highest BCUT2D eigenvalue weighted by Gasteiger charge is 2.47. The summed E-state index contributed by atoms with van der Waals surface area (Å²) >= 11 is 0. The van der Waals surface area contributed by atoms with Crippen molar-refractivity contribution in [3.8, 4) is 11.5 Å². The third-order valence-electron chi connectivity index (χ3n) is 9.94. The van der Waals surface area contributed by atoms with Crippen molar-refractivity contribution in [3.05, 3.63) is 95.6 Å². The second-order valence-corrected chi connectivity index (χ2v) is 14.0. The minimum absolute atomic E-state index is 0.00167. The number of rotatable bonds is 14. The molecule has 3 aromatic rings. The van der Waals surface area contributed by atoms with E-state index in [9.17, 15) is 19.2 Å². The van der Waals surface area contributed by atoms with E-state index in [2.05, 4.69) is 16.0 Å². The van der Waals surface area contributed by atoms with E-state index in [1.165, 1.54) is 7.11 Å². The molecule has 3 aromatic carbocycles. The molecule has 294 valence electrons. The number of esters is 1. The minimum Gasteiger partial charge on any atom is -0.467 e. The first-order valence-corrected chi connectivity index (χ1v) is 18.7. The topological polar surface area (TPSA) is 169 Å². The van der Waals surface area contributed by atoms with Crippen molar-refractivity contribution < 1.29 is 52.3 Å². The fourth-order valence-corrected chi connectivity index (χ4v) is 7.23. The molecule has 3 aliphatic rings. The van der Waals surface area contributed by atoms with E-state index >= 15 is 0 Å². The molecule has 55 heavy (non-hydrogen) atoms. The standard InChI is InChI=1S/C41H49N3O11/c1-27(38(46)49-2)44-37(45)18-16-31-21-33(53-40(48)42-23-28-15-17-35-36(20-28)52-26-51-35)22-41(54-31)19-9-14-32(55-41)25-50-39(47)43-24-34(29-10-5-3-6-11-29)30-12-7-4-8-13-30/h3-8,10-13,15,17,20,27,31-34H,9,14,16,18-19,21-26H2,1-2H3,(H,42,48)(H,43,47)(H,44,45)/t27-,31+,32+,33+,41-/m0/s1. The number of amides is 3. The molecule has 0 bridgehead atoms. The number of hydrogen-bond acceptors (Lipinski definition) is 11. The number of ether oxygens (including phenoxy) is 7. The Hall–Kier alpha value is -5.34. The average molecular weight is 760 g/mol. The molecule has 3 N–H and O–H groups in total. The van der Waals surface area contributed by atoms with Crippen LogP contribution >= 0.6 is 0 Å². The van der Waals surface area contributed by atoms with E-state index in [1.54, 1.807) is 19.1 Å². The summed E-state index contributed by atoms with van der Waals surface area (Å²) in [6.45, 7) is 2.25. The van der Waals surface area contributed by atoms with Crippen LogP contribution in [0.3, 0.4) is 0 Å². The molecule has 14 heteroatoms. The van der Waals surface area contributed by atoms with Crippen LogP contribution in [-0.2, 0) is 39.8 Å². The van der Waals surface area contributed by atoms with Crippen LogP contribution in [0.1, 0.15) is 74.5 Å². The van der Waals surface area contributed by atoms with Crippen LogP contribution in [0.5, 0.6) is 11.5 Å². The Bertz CT molecular complexity index is 1720. The number of alkyl carbamates (subject to hydrolysis) is 2. The fourth-order valence-electron chi connectivity index (χ4n) is 7.23. The summed E-state index contributed by atoms with van der Waals surface area (Å²) in [5.74, 6) is -0.825. The zero-order valence-electron chi connectivity index (χ0n) is 31.2. The molecule has 0 aliphatic carbocycles. The van der Waals surface area contributed by atoms with E-state index in [0.717, 1.165) is 16.7 Å². The highest BCUT2D eigenvalue weighted by atomic mass is 16.7. The van der Waals surface area contributed by atoms with Gasteiger partial charge in [-0.15, -0.1) is 0 Å². The van der Waals surface area contributed by atoms with Gasteiger partial charge in [-0.2, -0.15) is 0 Å². The Kier molecular flexibility index (Phi) is 13.5. The van der Waals surface area contributed by atoms with Gasteiger partial charge in [0.15, 0.2) is 17.3 Å². The summed E-state index contributed by atoms with van der Waals surface area (Å²) in [4.78, 5) is 50.6. The maximum absolute atomic E-state index is 13.1. The molecule has 0 radical (unpaired) electrons. The normalized spacial score (nSPS) is 22.0. The molecular formula is C41H49N3O11. The Labute approximate surface area is 320 Å². The van der Waals surface area contributed by atoms with E-state index < -0.39 is 48.3 Å². The van der Waals surface area contributed by atoms with Crippen molar-refractivity contribution >= 4 is 24.1 Å². The van der Waals surface area contributed by atoms with Gasteiger partial charge in [-0.3, -0.25) is 4.79 Å². The number of carbonyl (C=O) groups is 4. The molecule has 3 aliphatic heterocycles. The summed E-state index contributed by atoms with van der Waals surface area (Å²) < 4.78 is 40.2. The van der Waals surface area contributed by atoms with Gasteiger partial charge in [0.05, 0.1) is 19.3 Å². The van der Waals surface area contributed by atoms with Gasteiger partial charge in [0, 0.05) is 44.7 Å². The lowest BCUT2D eigenvalue weighted by Gasteiger charge is -2.47. The van der Waals surface area contributed by atoms with Gasteiger partial charge in [0.1, 0.15) is 18.8 Å². The maximum atomic E-state index is 13.1. The van der Waals surface area contributed by atoms with Crippen LogP contribution in [-0.4, -0.2) is 81.3 Å². The summed E-state index contributed by atoms with van der Waals surface area (Å²) in [5, 5.41) is 8.36. The molecular weight excluding hydrogens is 710 g/mol. The number of fused-ring (bicyclic) bond motifs is 1. The third-order valence-corrected chi connectivity index (χ3v) is 9.94.